The first-order chi connectivity index (χ1) is 9.20. The number of likely N-dealkylation sites (N-methyl/N-ethyl adjacent to an activating group) is 1. The van der Waals surface area contributed by atoms with Crippen LogP contribution >= 0.6 is 0 Å². The van der Waals surface area contributed by atoms with Gasteiger partial charge in [-0.05, 0) is 39.2 Å². The van der Waals surface area contributed by atoms with E-state index in [1.54, 1.807) is 0 Å². The van der Waals surface area contributed by atoms with Gasteiger partial charge in [0, 0.05) is 31.7 Å². The van der Waals surface area contributed by atoms with E-state index in [2.05, 4.69) is 38.6 Å². The van der Waals surface area contributed by atoms with Gasteiger partial charge < -0.3 is 15.5 Å². The molecule has 2 aliphatic rings. The third-order valence-electron chi connectivity index (χ3n) is 3.80. The van der Waals surface area contributed by atoms with Gasteiger partial charge in [-0.1, -0.05) is 0 Å². The van der Waals surface area contributed by atoms with Crippen LogP contribution < -0.4 is 15.5 Å². The molecule has 0 bridgehead atoms. The van der Waals surface area contributed by atoms with Crippen molar-refractivity contribution in [3.8, 4) is 0 Å². The molecule has 1 unspecified atom stereocenters. The van der Waals surface area contributed by atoms with Crippen molar-refractivity contribution in [2.75, 3.05) is 30.4 Å². The first-order valence-electron chi connectivity index (χ1n) is 7.27. The second-order valence-electron chi connectivity index (χ2n) is 5.75. The summed E-state index contributed by atoms with van der Waals surface area (Å²) in [6.07, 6.45) is 5.08. The van der Waals surface area contributed by atoms with E-state index in [-0.39, 0.29) is 0 Å². The van der Waals surface area contributed by atoms with Crippen LogP contribution in [0.25, 0.3) is 0 Å². The molecule has 5 nitrogen and oxygen atoms in total. The summed E-state index contributed by atoms with van der Waals surface area (Å²) in [6, 6.07) is 3.30. The fourth-order valence-corrected chi connectivity index (χ4v) is 2.59. The van der Waals surface area contributed by atoms with Crippen molar-refractivity contribution in [1.82, 2.24) is 15.3 Å². The number of nitrogens with one attached hydrogen (secondary N) is 2. The lowest BCUT2D eigenvalue weighted by molar-refractivity contribution is 0.597. The summed E-state index contributed by atoms with van der Waals surface area (Å²) in [5, 5.41) is 6.98. The van der Waals surface area contributed by atoms with Gasteiger partial charge in [-0.2, -0.15) is 0 Å². The zero-order valence-corrected chi connectivity index (χ0v) is 11.8. The summed E-state index contributed by atoms with van der Waals surface area (Å²) in [4.78, 5) is 11.2. The number of nitrogens with zero attached hydrogens (tertiary/aromatic N) is 3. The van der Waals surface area contributed by atoms with Crippen molar-refractivity contribution < 1.29 is 0 Å². The van der Waals surface area contributed by atoms with Gasteiger partial charge in [0.15, 0.2) is 0 Å². The molecule has 2 fully saturated rings. The molecule has 1 atom stereocenters. The third kappa shape index (κ3) is 3.35. The number of rotatable bonds is 5. The highest BCUT2D eigenvalue weighted by molar-refractivity contribution is 5.50. The molecule has 104 valence electrons. The quantitative estimate of drug-likeness (QED) is 0.842. The van der Waals surface area contributed by atoms with Gasteiger partial charge in [0.2, 0.25) is 0 Å². The Hall–Kier alpha value is -1.36. The Bertz CT molecular complexity index is 437. The molecule has 2 N–H and O–H groups in total. The zero-order chi connectivity index (χ0) is 13.2. The van der Waals surface area contributed by atoms with Crippen LogP contribution in [0.4, 0.5) is 11.6 Å². The second-order valence-corrected chi connectivity index (χ2v) is 5.75. The minimum atomic E-state index is 0.597. The van der Waals surface area contributed by atoms with Crippen LogP contribution in [-0.2, 0) is 0 Å². The highest BCUT2D eigenvalue weighted by atomic mass is 15.2. The van der Waals surface area contributed by atoms with Crippen molar-refractivity contribution in [2.24, 2.45) is 0 Å². The molecule has 1 aromatic heterocycles. The lowest BCUT2D eigenvalue weighted by Gasteiger charge is -2.23. The minimum Gasteiger partial charge on any atom is -0.367 e. The van der Waals surface area contributed by atoms with E-state index in [0.717, 1.165) is 30.5 Å². The van der Waals surface area contributed by atoms with E-state index < -0.39 is 0 Å². The largest absolute Gasteiger partial charge is 0.367 e. The van der Waals surface area contributed by atoms with E-state index in [0.29, 0.717) is 12.1 Å². The maximum Gasteiger partial charge on any atom is 0.134 e. The van der Waals surface area contributed by atoms with Crippen LogP contribution in [-0.4, -0.2) is 42.2 Å². The fourth-order valence-electron chi connectivity index (χ4n) is 2.59. The van der Waals surface area contributed by atoms with Crippen LogP contribution in [0.5, 0.6) is 0 Å². The molecule has 1 saturated carbocycles. The van der Waals surface area contributed by atoms with Crippen LogP contribution in [0.2, 0.25) is 0 Å². The Morgan fingerprint density at radius 1 is 1.37 bits per heavy atom. The SMILES string of the molecule is Cc1nc(NC2CC2)cc(N(C)CC2CCCN2)n1. The molecule has 2 heterocycles. The molecular weight excluding hydrogens is 238 g/mol. The fraction of sp³-hybridized carbons (Fsp3) is 0.714. The van der Waals surface area contributed by atoms with Crippen LogP contribution in [0.1, 0.15) is 31.5 Å². The van der Waals surface area contributed by atoms with E-state index in [1.807, 2.05) is 6.92 Å². The van der Waals surface area contributed by atoms with Gasteiger partial charge in [0.05, 0.1) is 0 Å². The lowest BCUT2D eigenvalue weighted by atomic mass is 10.2. The van der Waals surface area contributed by atoms with E-state index >= 15 is 0 Å². The monoisotopic (exact) mass is 261 g/mol. The minimum absolute atomic E-state index is 0.597. The molecule has 19 heavy (non-hydrogen) atoms. The standard InChI is InChI=1S/C14H23N5/c1-10-16-13(18-11-5-6-11)8-14(17-10)19(2)9-12-4-3-7-15-12/h8,11-12,15H,3-7,9H2,1-2H3,(H,16,17,18). The summed E-state index contributed by atoms with van der Waals surface area (Å²) < 4.78 is 0. The van der Waals surface area contributed by atoms with E-state index in [1.165, 1.54) is 25.7 Å². The Morgan fingerprint density at radius 2 is 2.21 bits per heavy atom. The van der Waals surface area contributed by atoms with Crippen LogP contribution in [0, 0.1) is 6.92 Å². The topological polar surface area (TPSA) is 53.1 Å². The molecule has 1 aliphatic heterocycles. The average Bonchev–Trinajstić information content (AvgIpc) is 3.03. The normalized spacial score (nSPS) is 22.5. The molecular formula is C14H23N5. The van der Waals surface area contributed by atoms with Crippen molar-refractivity contribution >= 4 is 11.6 Å². The van der Waals surface area contributed by atoms with Gasteiger partial charge in [-0.15, -0.1) is 0 Å². The first kappa shape index (κ1) is 12.7. The van der Waals surface area contributed by atoms with Gasteiger partial charge in [0.25, 0.3) is 0 Å². The molecule has 1 aromatic rings. The summed E-state index contributed by atoms with van der Waals surface area (Å²) in [7, 11) is 2.11. The summed E-state index contributed by atoms with van der Waals surface area (Å²) in [6.45, 7) is 4.12. The molecule has 5 heteroatoms. The zero-order valence-electron chi connectivity index (χ0n) is 11.8. The highest BCUT2D eigenvalue weighted by Gasteiger charge is 2.22. The molecule has 1 saturated heterocycles. The predicted octanol–water partition coefficient (Wildman–Crippen LogP) is 1.55. The number of aromatic nitrogens is 2. The Morgan fingerprint density at radius 3 is 2.89 bits per heavy atom. The smallest absolute Gasteiger partial charge is 0.134 e. The lowest BCUT2D eigenvalue weighted by Crippen LogP contribution is -2.35. The Balaban J connectivity index is 1.68. The maximum absolute atomic E-state index is 4.55. The van der Waals surface area contributed by atoms with Crippen LogP contribution in [0.15, 0.2) is 6.07 Å². The van der Waals surface area contributed by atoms with E-state index in [4.69, 9.17) is 0 Å². The average molecular weight is 261 g/mol. The molecule has 0 amide bonds. The maximum atomic E-state index is 4.55. The van der Waals surface area contributed by atoms with E-state index in [9.17, 15) is 0 Å². The van der Waals surface area contributed by atoms with Gasteiger partial charge in [-0.25, -0.2) is 9.97 Å². The Kier molecular flexibility index (Phi) is 3.55. The third-order valence-corrected chi connectivity index (χ3v) is 3.80. The summed E-state index contributed by atoms with van der Waals surface area (Å²) in [5.41, 5.74) is 0. The van der Waals surface area contributed by atoms with Gasteiger partial charge in [-0.3, -0.25) is 0 Å². The van der Waals surface area contributed by atoms with Crippen molar-refractivity contribution in [3.63, 3.8) is 0 Å². The van der Waals surface area contributed by atoms with Crippen molar-refractivity contribution in [3.05, 3.63) is 11.9 Å². The number of hydrogen-bond acceptors (Lipinski definition) is 5. The molecule has 0 spiro atoms. The number of aryl methyl sites for hydroxylation is 1. The number of hydrogen-bond donors (Lipinski definition) is 2. The number of anilines is 2. The molecule has 3 rings (SSSR count). The van der Waals surface area contributed by atoms with Crippen LogP contribution in [0.3, 0.4) is 0 Å². The van der Waals surface area contributed by atoms with Crippen molar-refractivity contribution in [1.29, 1.82) is 0 Å². The summed E-state index contributed by atoms with van der Waals surface area (Å²) >= 11 is 0. The Labute approximate surface area is 114 Å². The predicted molar refractivity (Wildman–Crippen MR) is 77.7 cm³/mol. The first-order valence-corrected chi connectivity index (χ1v) is 7.27. The van der Waals surface area contributed by atoms with Gasteiger partial charge in [0.1, 0.15) is 17.5 Å². The summed E-state index contributed by atoms with van der Waals surface area (Å²) in [5.74, 6) is 2.83. The van der Waals surface area contributed by atoms with Gasteiger partial charge >= 0.3 is 0 Å². The molecule has 1 aliphatic carbocycles. The van der Waals surface area contributed by atoms with Crippen molar-refractivity contribution in [2.45, 2.75) is 44.7 Å². The second kappa shape index (κ2) is 5.33. The molecule has 0 radical (unpaired) electrons. The highest BCUT2D eigenvalue weighted by Crippen LogP contribution is 2.25. The molecule has 0 aromatic carbocycles.